The molecule has 4 heterocycles. The molecule has 1 aliphatic heterocycles. The topological polar surface area (TPSA) is 88.4 Å². The average Bonchev–Trinajstić information content (AvgIpc) is 2.94. The number of ether oxygens (including phenoxy) is 1. The smallest absolute Gasteiger partial charge is 0.418 e. The van der Waals surface area contributed by atoms with Gasteiger partial charge >= 0.3 is 12.1 Å². The Morgan fingerprint density at radius 1 is 1.02 bits per heavy atom. The first-order valence-corrected chi connectivity index (χ1v) is 12.5. The summed E-state index contributed by atoms with van der Waals surface area (Å²) in [5.41, 5.74) is 0.0122. The summed E-state index contributed by atoms with van der Waals surface area (Å²) in [4.78, 5) is 26.0. The lowest BCUT2D eigenvalue weighted by Crippen LogP contribution is -2.44. The second kappa shape index (κ2) is 10.8. The molecule has 1 saturated heterocycles. The number of alkyl halides is 3. The van der Waals surface area contributed by atoms with E-state index in [9.17, 15) is 22.4 Å². The van der Waals surface area contributed by atoms with Crippen LogP contribution in [0.1, 0.15) is 22.8 Å². The van der Waals surface area contributed by atoms with E-state index in [0.29, 0.717) is 54.0 Å². The molecule has 0 amide bonds. The van der Waals surface area contributed by atoms with Gasteiger partial charge < -0.3 is 14.7 Å². The van der Waals surface area contributed by atoms with E-state index in [-0.39, 0.29) is 16.8 Å². The van der Waals surface area contributed by atoms with E-state index < -0.39 is 34.8 Å². The summed E-state index contributed by atoms with van der Waals surface area (Å²) in [5, 5.41) is 9.04. The van der Waals surface area contributed by atoms with Gasteiger partial charge in [0.2, 0.25) is 0 Å². The second-order valence-electron chi connectivity index (χ2n) is 9.20. The van der Waals surface area contributed by atoms with Gasteiger partial charge in [-0.2, -0.15) is 13.2 Å². The number of aromatic carboxylic acids is 1. The van der Waals surface area contributed by atoms with Gasteiger partial charge in [0.05, 0.1) is 46.8 Å². The van der Waals surface area contributed by atoms with Crippen LogP contribution in [0, 0.1) is 5.82 Å². The van der Waals surface area contributed by atoms with Crippen LogP contribution in [-0.4, -0.2) is 51.8 Å². The molecule has 1 N–H and O–H groups in total. The van der Waals surface area contributed by atoms with E-state index in [4.69, 9.17) is 26.4 Å². The number of benzene rings is 1. The van der Waals surface area contributed by atoms with Crippen molar-refractivity contribution in [2.45, 2.75) is 19.1 Å². The van der Waals surface area contributed by atoms with E-state index in [1.165, 1.54) is 24.4 Å². The first-order valence-electron chi connectivity index (χ1n) is 12.1. The number of carbonyl (C=O) groups is 1. The predicted molar refractivity (Wildman–Crippen MR) is 141 cm³/mol. The minimum atomic E-state index is -4.84. The molecule has 206 valence electrons. The molecule has 4 aromatic rings. The fraction of sp³-hybridized carbons (Fsp3) is 0.214. The first-order chi connectivity index (χ1) is 19.0. The number of morpholine rings is 1. The highest BCUT2D eigenvalue weighted by Gasteiger charge is 2.36. The Kier molecular flexibility index (Phi) is 7.43. The number of carboxylic acid groups (broad SMARTS) is 1. The van der Waals surface area contributed by atoms with Crippen LogP contribution in [0.4, 0.5) is 23.4 Å². The van der Waals surface area contributed by atoms with Crippen molar-refractivity contribution < 1.29 is 32.2 Å². The van der Waals surface area contributed by atoms with Crippen molar-refractivity contribution in [3.8, 4) is 33.8 Å². The predicted octanol–water partition coefficient (Wildman–Crippen LogP) is 6.61. The van der Waals surface area contributed by atoms with Crippen LogP contribution >= 0.6 is 11.6 Å². The number of anilines is 1. The molecule has 0 radical (unpaired) electrons. The molecule has 1 unspecified atom stereocenters. The molecule has 3 aromatic heterocycles. The maximum atomic E-state index is 13.8. The van der Waals surface area contributed by atoms with Gasteiger partial charge in [0.25, 0.3) is 0 Å². The largest absolute Gasteiger partial charge is 0.478 e. The Morgan fingerprint density at radius 3 is 2.45 bits per heavy atom. The van der Waals surface area contributed by atoms with Crippen LogP contribution in [0.3, 0.4) is 0 Å². The number of carboxylic acids is 1. The molecule has 0 saturated carbocycles. The Bertz CT molecular complexity index is 1580. The van der Waals surface area contributed by atoms with Crippen LogP contribution in [0.25, 0.3) is 33.8 Å². The van der Waals surface area contributed by atoms with Crippen molar-refractivity contribution in [2.75, 3.05) is 24.7 Å². The Labute approximate surface area is 231 Å². The number of rotatable bonds is 5. The van der Waals surface area contributed by atoms with Gasteiger partial charge in [0, 0.05) is 30.1 Å². The molecule has 40 heavy (non-hydrogen) atoms. The minimum Gasteiger partial charge on any atom is -0.478 e. The molecule has 1 aliphatic rings. The van der Waals surface area contributed by atoms with E-state index in [0.717, 1.165) is 6.20 Å². The standard InChI is InChI=1S/C28H21ClF4N4O3/c1-15-14-40-7-6-37(15)25-11-18(10-24(36-25)16-2-4-22(30)21(29)9-16)17-3-5-23(34-12-17)26-20(28(31,32)33)8-19(13-35-26)27(38)39/h2-5,8-13,15H,6-7,14H2,1H3,(H,38,39). The molecule has 12 heteroatoms. The molecule has 0 aliphatic carbocycles. The third kappa shape index (κ3) is 5.61. The van der Waals surface area contributed by atoms with Crippen molar-refractivity contribution in [2.24, 2.45) is 0 Å². The lowest BCUT2D eigenvalue weighted by molar-refractivity contribution is -0.137. The zero-order chi connectivity index (χ0) is 28.6. The van der Waals surface area contributed by atoms with E-state index in [1.54, 1.807) is 18.2 Å². The Hall–Kier alpha value is -4.09. The summed E-state index contributed by atoms with van der Waals surface area (Å²) in [6.07, 6.45) is -2.57. The summed E-state index contributed by atoms with van der Waals surface area (Å²) in [6, 6.07) is 11.4. The van der Waals surface area contributed by atoms with Gasteiger partial charge in [-0.1, -0.05) is 17.7 Å². The van der Waals surface area contributed by atoms with Crippen molar-refractivity contribution >= 4 is 23.4 Å². The van der Waals surface area contributed by atoms with Crippen molar-refractivity contribution in [3.05, 3.63) is 82.9 Å². The normalized spacial score (nSPS) is 15.8. The number of pyridine rings is 3. The van der Waals surface area contributed by atoms with E-state index >= 15 is 0 Å². The third-order valence-corrected chi connectivity index (χ3v) is 6.76. The monoisotopic (exact) mass is 572 g/mol. The average molecular weight is 573 g/mol. The summed E-state index contributed by atoms with van der Waals surface area (Å²) in [7, 11) is 0. The quantitative estimate of drug-likeness (QED) is 0.269. The highest BCUT2D eigenvalue weighted by molar-refractivity contribution is 6.31. The molecule has 7 nitrogen and oxygen atoms in total. The fourth-order valence-corrected chi connectivity index (χ4v) is 4.59. The lowest BCUT2D eigenvalue weighted by Gasteiger charge is -2.34. The van der Waals surface area contributed by atoms with Crippen molar-refractivity contribution in [1.29, 1.82) is 0 Å². The van der Waals surface area contributed by atoms with Crippen molar-refractivity contribution in [1.82, 2.24) is 15.0 Å². The third-order valence-electron chi connectivity index (χ3n) is 6.47. The van der Waals surface area contributed by atoms with Gasteiger partial charge in [0.1, 0.15) is 17.3 Å². The van der Waals surface area contributed by atoms with Crippen LogP contribution in [0.2, 0.25) is 5.02 Å². The number of hydrogen-bond acceptors (Lipinski definition) is 6. The van der Waals surface area contributed by atoms with Gasteiger partial charge in [-0.25, -0.2) is 14.2 Å². The van der Waals surface area contributed by atoms with Crippen LogP contribution in [-0.2, 0) is 10.9 Å². The molecule has 5 rings (SSSR count). The second-order valence-corrected chi connectivity index (χ2v) is 9.61. The number of halogens is 5. The molecule has 1 aromatic carbocycles. The zero-order valence-corrected chi connectivity index (χ0v) is 21.7. The first kappa shape index (κ1) is 27.5. The highest BCUT2D eigenvalue weighted by Crippen LogP contribution is 2.37. The maximum absolute atomic E-state index is 13.8. The van der Waals surface area contributed by atoms with E-state index in [2.05, 4.69) is 14.9 Å². The van der Waals surface area contributed by atoms with Crippen LogP contribution < -0.4 is 4.90 Å². The molecule has 0 spiro atoms. The lowest BCUT2D eigenvalue weighted by atomic mass is 10.0. The Balaban J connectivity index is 1.58. The summed E-state index contributed by atoms with van der Waals surface area (Å²) in [5.74, 6) is -1.45. The molecule has 0 bridgehead atoms. The van der Waals surface area contributed by atoms with Gasteiger partial charge in [0.15, 0.2) is 0 Å². The van der Waals surface area contributed by atoms with Gasteiger partial charge in [-0.3, -0.25) is 9.97 Å². The maximum Gasteiger partial charge on any atom is 0.418 e. The molecule has 1 atom stereocenters. The highest BCUT2D eigenvalue weighted by atomic mass is 35.5. The molecular weight excluding hydrogens is 552 g/mol. The van der Waals surface area contributed by atoms with E-state index in [1.807, 2.05) is 13.0 Å². The Morgan fingerprint density at radius 2 is 1.80 bits per heavy atom. The molecule has 1 fully saturated rings. The fourth-order valence-electron chi connectivity index (χ4n) is 4.41. The summed E-state index contributed by atoms with van der Waals surface area (Å²) in [6.45, 7) is 3.62. The number of aromatic nitrogens is 3. The van der Waals surface area contributed by atoms with Crippen LogP contribution in [0.5, 0.6) is 0 Å². The summed E-state index contributed by atoms with van der Waals surface area (Å²) >= 11 is 6.02. The zero-order valence-electron chi connectivity index (χ0n) is 20.9. The van der Waals surface area contributed by atoms with Gasteiger partial charge in [-0.15, -0.1) is 0 Å². The van der Waals surface area contributed by atoms with Crippen molar-refractivity contribution in [3.63, 3.8) is 0 Å². The van der Waals surface area contributed by atoms with Crippen LogP contribution in [0.15, 0.2) is 60.9 Å². The number of nitrogens with zero attached hydrogens (tertiary/aromatic N) is 4. The molecular formula is C28H21ClF4N4O3. The SMILES string of the molecule is CC1COCCN1c1cc(-c2ccc(-c3ncc(C(=O)O)cc3C(F)(F)F)nc2)cc(-c2ccc(F)c(Cl)c2)n1. The minimum absolute atomic E-state index is 0.0299. The summed E-state index contributed by atoms with van der Waals surface area (Å²) < 4.78 is 60.5. The number of hydrogen-bond donors (Lipinski definition) is 1. The van der Waals surface area contributed by atoms with Gasteiger partial charge in [-0.05, 0) is 55.0 Å².